The number of thiophene rings is 1. The van der Waals surface area contributed by atoms with Gasteiger partial charge in [0.15, 0.2) is 5.82 Å². The second kappa shape index (κ2) is 9.77. The number of carbonyl (C=O) groups excluding carboxylic acids is 1. The molecule has 0 unspecified atom stereocenters. The summed E-state index contributed by atoms with van der Waals surface area (Å²) in [5.41, 5.74) is 3.91. The lowest BCUT2D eigenvalue weighted by Crippen LogP contribution is -2.22. The van der Waals surface area contributed by atoms with Gasteiger partial charge in [-0.15, -0.1) is 21.5 Å². The number of anilines is 2. The van der Waals surface area contributed by atoms with Gasteiger partial charge in [0.25, 0.3) is 5.91 Å². The predicted molar refractivity (Wildman–Crippen MR) is 132 cm³/mol. The van der Waals surface area contributed by atoms with Crippen LogP contribution in [0.25, 0.3) is 10.4 Å². The third-order valence-electron chi connectivity index (χ3n) is 4.98. The molecule has 4 N–H and O–H groups in total. The molecule has 2 heterocycles. The molecule has 1 amide bonds. The molecule has 0 aliphatic carbocycles. The SMILES string of the molecule is CC(C)(O)c1cc(F)c(-c2cc(C(N)=O)c(Nc3ccc(OCC[Si](C)(C)C)nn3)s2)c(F)c1. The predicted octanol–water partition coefficient (Wildman–Crippen LogP) is 5.27. The van der Waals surface area contributed by atoms with E-state index in [-0.39, 0.29) is 26.6 Å². The Morgan fingerprint density at radius 3 is 2.32 bits per heavy atom. The number of carbonyl (C=O) groups is 1. The summed E-state index contributed by atoms with van der Waals surface area (Å²) in [6, 6.07) is 7.72. The van der Waals surface area contributed by atoms with Gasteiger partial charge in [-0.3, -0.25) is 4.79 Å². The van der Waals surface area contributed by atoms with E-state index >= 15 is 0 Å². The zero-order valence-electron chi connectivity index (χ0n) is 19.7. The van der Waals surface area contributed by atoms with Gasteiger partial charge in [0, 0.05) is 19.0 Å². The Hall–Kier alpha value is -2.89. The number of halogens is 2. The van der Waals surface area contributed by atoms with Crippen LogP contribution in [0, 0.1) is 11.6 Å². The van der Waals surface area contributed by atoms with Gasteiger partial charge in [-0.05, 0) is 49.7 Å². The largest absolute Gasteiger partial charge is 0.477 e. The number of aliphatic hydroxyl groups is 1. The van der Waals surface area contributed by atoms with Crippen molar-refractivity contribution < 1.29 is 23.4 Å². The van der Waals surface area contributed by atoms with Crippen LogP contribution >= 0.6 is 11.3 Å². The highest BCUT2D eigenvalue weighted by Crippen LogP contribution is 2.40. The van der Waals surface area contributed by atoms with Gasteiger partial charge in [-0.25, -0.2) is 8.78 Å². The van der Waals surface area contributed by atoms with Crippen molar-refractivity contribution in [2.75, 3.05) is 11.9 Å². The number of amides is 1. The molecule has 34 heavy (non-hydrogen) atoms. The Morgan fingerprint density at radius 2 is 1.82 bits per heavy atom. The standard InChI is InChI=1S/C23H28F2N4O3SSi/c1-23(2,31)13-10-15(24)20(16(25)11-13)17-12-14(21(26)30)22(33-17)27-18-6-7-19(29-28-18)32-8-9-34(3,4)5/h6-7,10-12,31H,8-9H2,1-5H3,(H2,26,30)(H,27,28). The van der Waals surface area contributed by atoms with Crippen molar-refractivity contribution in [2.45, 2.75) is 45.1 Å². The van der Waals surface area contributed by atoms with Crippen molar-refractivity contribution in [3.05, 3.63) is 53.1 Å². The number of nitrogens with one attached hydrogen (secondary N) is 1. The first-order valence-electron chi connectivity index (χ1n) is 10.6. The second-order valence-corrected chi connectivity index (χ2v) is 16.3. The lowest BCUT2D eigenvalue weighted by Gasteiger charge is -2.18. The van der Waals surface area contributed by atoms with Crippen molar-refractivity contribution in [3.63, 3.8) is 0 Å². The fourth-order valence-corrected chi connectivity index (χ4v) is 4.83. The number of ether oxygens (including phenoxy) is 1. The molecular formula is C23H28F2N4O3SSi. The molecule has 0 spiro atoms. The van der Waals surface area contributed by atoms with Crippen molar-refractivity contribution in [1.29, 1.82) is 0 Å². The number of aromatic nitrogens is 2. The molecule has 2 aromatic heterocycles. The van der Waals surface area contributed by atoms with E-state index < -0.39 is 31.2 Å². The van der Waals surface area contributed by atoms with Crippen LogP contribution in [-0.2, 0) is 5.60 Å². The highest BCUT2D eigenvalue weighted by atomic mass is 32.1. The van der Waals surface area contributed by atoms with Crippen LogP contribution < -0.4 is 15.8 Å². The Morgan fingerprint density at radius 1 is 1.18 bits per heavy atom. The highest BCUT2D eigenvalue weighted by molar-refractivity contribution is 7.20. The van der Waals surface area contributed by atoms with E-state index in [1.165, 1.54) is 19.9 Å². The molecule has 3 rings (SSSR count). The van der Waals surface area contributed by atoms with Crippen LogP contribution in [0.1, 0.15) is 29.8 Å². The molecule has 0 bridgehead atoms. The third-order valence-corrected chi connectivity index (χ3v) is 7.75. The normalized spacial score (nSPS) is 12.0. The summed E-state index contributed by atoms with van der Waals surface area (Å²) in [7, 11) is -1.23. The number of rotatable bonds is 9. The van der Waals surface area contributed by atoms with Crippen LogP contribution in [0.15, 0.2) is 30.3 Å². The van der Waals surface area contributed by atoms with E-state index in [0.29, 0.717) is 18.3 Å². The monoisotopic (exact) mass is 506 g/mol. The molecule has 0 atom stereocenters. The zero-order chi connectivity index (χ0) is 25.3. The molecule has 11 heteroatoms. The average Bonchev–Trinajstić information content (AvgIpc) is 3.10. The van der Waals surface area contributed by atoms with Crippen LogP contribution in [0.3, 0.4) is 0 Å². The minimum Gasteiger partial charge on any atom is -0.477 e. The van der Waals surface area contributed by atoms with Crippen LogP contribution in [-0.4, -0.2) is 35.9 Å². The summed E-state index contributed by atoms with van der Waals surface area (Å²) < 4.78 is 35.2. The summed E-state index contributed by atoms with van der Waals surface area (Å²) in [5, 5.41) is 21.3. The smallest absolute Gasteiger partial charge is 0.251 e. The third kappa shape index (κ3) is 6.36. The maximum Gasteiger partial charge on any atom is 0.251 e. The van der Waals surface area contributed by atoms with E-state index in [9.17, 15) is 18.7 Å². The van der Waals surface area contributed by atoms with Crippen molar-refractivity contribution >= 4 is 36.1 Å². The van der Waals surface area contributed by atoms with Crippen LogP contribution in [0.5, 0.6) is 5.88 Å². The number of hydrogen-bond acceptors (Lipinski definition) is 7. The number of hydrogen-bond donors (Lipinski definition) is 3. The van der Waals surface area contributed by atoms with Gasteiger partial charge in [0.2, 0.25) is 5.88 Å². The quantitative estimate of drug-likeness (QED) is 0.341. The lowest BCUT2D eigenvalue weighted by molar-refractivity contribution is 0.0778. The topological polar surface area (TPSA) is 110 Å². The second-order valence-electron chi connectivity index (χ2n) is 9.63. The van der Waals surface area contributed by atoms with Crippen molar-refractivity contribution in [3.8, 4) is 16.3 Å². The number of primary amides is 1. The van der Waals surface area contributed by atoms with Gasteiger partial charge in [-0.1, -0.05) is 19.6 Å². The van der Waals surface area contributed by atoms with E-state index in [0.717, 1.165) is 29.5 Å². The maximum atomic E-state index is 14.8. The first-order valence-corrected chi connectivity index (χ1v) is 15.2. The minimum absolute atomic E-state index is 0.0580. The highest BCUT2D eigenvalue weighted by Gasteiger charge is 2.24. The fraction of sp³-hybridized carbons (Fsp3) is 0.348. The molecule has 7 nitrogen and oxygen atoms in total. The fourth-order valence-electron chi connectivity index (χ4n) is 2.99. The number of nitrogens with zero attached hydrogens (tertiary/aromatic N) is 2. The summed E-state index contributed by atoms with van der Waals surface area (Å²) in [4.78, 5) is 12.1. The Labute approximate surface area is 202 Å². The zero-order valence-corrected chi connectivity index (χ0v) is 21.5. The summed E-state index contributed by atoms with van der Waals surface area (Å²) in [6.07, 6.45) is 0. The van der Waals surface area contributed by atoms with Gasteiger partial charge in [0.1, 0.15) is 16.6 Å². The maximum absolute atomic E-state index is 14.8. The summed E-state index contributed by atoms with van der Waals surface area (Å²) in [6.45, 7) is 10.2. The summed E-state index contributed by atoms with van der Waals surface area (Å²) in [5.74, 6) is -1.80. The molecule has 0 saturated heterocycles. The molecule has 1 aromatic carbocycles. The molecule has 3 aromatic rings. The van der Waals surface area contributed by atoms with Gasteiger partial charge in [-0.2, -0.15) is 0 Å². The Kier molecular flexibility index (Phi) is 7.39. The lowest BCUT2D eigenvalue weighted by atomic mass is 9.96. The number of nitrogens with two attached hydrogens (primary N) is 1. The van der Waals surface area contributed by atoms with E-state index in [4.69, 9.17) is 10.5 Å². The molecule has 182 valence electrons. The summed E-state index contributed by atoms with van der Waals surface area (Å²) >= 11 is 0.949. The van der Waals surface area contributed by atoms with Crippen molar-refractivity contribution in [2.24, 2.45) is 5.73 Å². The minimum atomic E-state index is -1.41. The first-order chi connectivity index (χ1) is 15.7. The van der Waals surface area contributed by atoms with Crippen molar-refractivity contribution in [1.82, 2.24) is 10.2 Å². The number of benzene rings is 1. The Bertz CT molecular complexity index is 1170. The average molecular weight is 507 g/mol. The van der Waals surface area contributed by atoms with Gasteiger partial charge >= 0.3 is 0 Å². The first kappa shape index (κ1) is 25.7. The van der Waals surface area contributed by atoms with Gasteiger partial charge < -0.3 is 20.9 Å². The molecule has 0 aliphatic heterocycles. The molecule has 0 fully saturated rings. The van der Waals surface area contributed by atoms with E-state index in [1.54, 1.807) is 12.1 Å². The Balaban J connectivity index is 1.85. The van der Waals surface area contributed by atoms with E-state index in [1.807, 2.05) is 0 Å². The van der Waals surface area contributed by atoms with Crippen LogP contribution in [0.2, 0.25) is 25.7 Å². The molecular weight excluding hydrogens is 478 g/mol. The van der Waals surface area contributed by atoms with E-state index in [2.05, 4.69) is 35.2 Å². The van der Waals surface area contributed by atoms with Gasteiger partial charge in [0.05, 0.1) is 23.3 Å². The van der Waals surface area contributed by atoms with Crippen LogP contribution in [0.4, 0.5) is 19.6 Å². The molecule has 0 aliphatic rings. The molecule has 0 radical (unpaired) electrons. The molecule has 0 saturated carbocycles.